The topological polar surface area (TPSA) is 33.1 Å². The van der Waals surface area contributed by atoms with Gasteiger partial charge >= 0.3 is 0 Å². The summed E-state index contributed by atoms with van der Waals surface area (Å²) < 4.78 is 0. The molecule has 2 nitrogen and oxygen atoms in total. The molecule has 3 aromatic rings. The van der Waals surface area contributed by atoms with E-state index >= 15 is 0 Å². The fourth-order valence-electron chi connectivity index (χ4n) is 2.04. The number of nitrogens with zero attached hydrogens (tertiary/aromatic N) is 1. The lowest BCUT2D eigenvalue weighted by Crippen LogP contribution is -1.90. The van der Waals surface area contributed by atoms with Crippen LogP contribution in [0.1, 0.15) is 5.56 Å². The van der Waals surface area contributed by atoms with Gasteiger partial charge in [-0.15, -0.1) is 0 Å². The molecule has 0 radical (unpaired) electrons. The fourth-order valence-corrected chi connectivity index (χ4v) is 2.24. The zero-order valence-corrected chi connectivity index (χ0v) is 9.78. The van der Waals surface area contributed by atoms with Gasteiger partial charge in [0.05, 0.1) is 12.1 Å². The van der Waals surface area contributed by atoms with E-state index in [1.54, 1.807) is 0 Å². The predicted octanol–water partition coefficient (Wildman–Crippen LogP) is 3.53. The Morgan fingerprint density at radius 1 is 1.06 bits per heavy atom. The molecule has 0 atom stereocenters. The molecule has 1 heterocycles. The van der Waals surface area contributed by atoms with E-state index in [2.05, 4.69) is 11.1 Å². The van der Waals surface area contributed by atoms with Crippen LogP contribution in [0.3, 0.4) is 0 Å². The van der Waals surface area contributed by atoms with E-state index in [9.17, 15) is 0 Å². The smallest absolute Gasteiger partial charge is 0.135 e. The number of rotatable bonds is 1. The summed E-state index contributed by atoms with van der Waals surface area (Å²) in [6, 6.07) is 14.0. The quantitative estimate of drug-likeness (QED) is 0.524. The molecule has 1 aromatic heterocycles. The number of aliphatic hydroxyl groups excluding tert-OH is 1. The first-order valence-electron chi connectivity index (χ1n) is 5.37. The van der Waals surface area contributed by atoms with E-state index in [-0.39, 0.29) is 6.61 Å². The third-order valence-corrected chi connectivity index (χ3v) is 3.23. The first-order valence-corrected chi connectivity index (χ1v) is 5.75. The van der Waals surface area contributed by atoms with Crippen molar-refractivity contribution in [2.75, 3.05) is 0 Å². The van der Waals surface area contributed by atoms with Crippen molar-refractivity contribution < 1.29 is 5.11 Å². The standard InChI is InChI=1S/C14H10ClNO/c15-14-11(8-17)7-10-6-5-9-3-1-2-4-12(9)13(10)16-14/h1-7,17H,8H2. The van der Waals surface area contributed by atoms with Crippen LogP contribution in [0, 0.1) is 0 Å². The maximum atomic E-state index is 9.17. The molecule has 0 aliphatic heterocycles. The maximum absolute atomic E-state index is 9.17. The van der Waals surface area contributed by atoms with E-state index in [0.717, 1.165) is 21.7 Å². The minimum absolute atomic E-state index is 0.0887. The van der Waals surface area contributed by atoms with Crippen molar-refractivity contribution in [1.82, 2.24) is 4.98 Å². The van der Waals surface area contributed by atoms with Crippen molar-refractivity contribution in [2.24, 2.45) is 0 Å². The van der Waals surface area contributed by atoms with Gasteiger partial charge in [-0.3, -0.25) is 0 Å². The average molecular weight is 244 g/mol. The third kappa shape index (κ3) is 1.66. The number of pyridine rings is 1. The second-order valence-electron chi connectivity index (χ2n) is 3.95. The van der Waals surface area contributed by atoms with Gasteiger partial charge in [-0.25, -0.2) is 4.98 Å². The maximum Gasteiger partial charge on any atom is 0.135 e. The van der Waals surface area contributed by atoms with Gasteiger partial charge in [0, 0.05) is 16.3 Å². The monoisotopic (exact) mass is 243 g/mol. The Kier molecular flexibility index (Phi) is 2.46. The van der Waals surface area contributed by atoms with Gasteiger partial charge in [-0.1, -0.05) is 48.0 Å². The first kappa shape index (κ1) is 10.5. The summed E-state index contributed by atoms with van der Waals surface area (Å²) in [5.41, 5.74) is 1.54. The number of aliphatic hydroxyl groups is 1. The van der Waals surface area contributed by atoms with Crippen LogP contribution >= 0.6 is 11.6 Å². The van der Waals surface area contributed by atoms with Gasteiger partial charge in [-0.05, 0) is 11.5 Å². The highest BCUT2D eigenvalue weighted by Gasteiger charge is 2.06. The van der Waals surface area contributed by atoms with E-state index in [0.29, 0.717) is 10.7 Å². The van der Waals surface area contributed by atoms with E-state index < -0.39 is 0 Å². The van der Waals surface area contributed by atoms with E-state index in [4.69, 9.17) is 16.7 Å². The SMILES string of the molecule is OCc1cc2ccc3ccccc3c2nc1Cl. The molecule has 0 unspecified atom stereocenters. The zero-order valence-electron chi connectivity index (χ0n) is 9.02. The van der Waals surface area contributed by atoms with Crippen LogP contribution in [0.25, 0.3) is 21.7 Å². The van der Waals surface area contributed by atoms with Crippen LogP contribution in [0.2, 0.25) is 5.15 Å². The van der Waals surface area contributed by atoms with Gasteiger partial charge < -0.3 is 5.11 Å². The van der Waals surface area contributed by atoms with Crippen LogP contribution in [0.4, 0.5) is 0 Å². The molecule has 0 fully saturated rings. The Morgan fingerprint density at radius 3 is 2.65 bits per heavy atom. The van der Waals surface area contributed by atoms with E-state index in [1.165, 1.54) is 0 Å². The number of fused-ring (bicyclic) bond motifs is 3. The van der Waals surface area contributed by atoms with Crippen LogP contribution in [0.5, 0.6) is 0 Å². The molecule has 0 aliphatic rings. The highest BCUT2D eigenvalue weighted by atomic mass is 35.5. The minimum Gasteiger partial charge on any atom is -0.392 e. The molecule has 0 aliphatic carbocycles. The van der Waals surface area contributed by atoms with Crippen LogP contribution < -0.4 is 0 Å². The second kappa shape index (κ2) is 3.99. The number of benzene rings is 2. The summed E-state index contributed by atoms with van der Waals surface area (Å²) in [5.74, 6) is 0. The van der Waals surface area contributed by atoms with E-state index in [1.807, 2.05) is 36.4 Å². The van der Waals surface area contributed by atoms with Crippen molar-refractivity contribution >= 4 is 33.3 Å². The van der Waals surface area contributed by atoms with Crippen molar-refractivity contribution in [1.29, 1.82) is 0 Å². The molecule has 0 amide bonds. The first-order chi connectivity index (χ1) is 8.29. The Labute approximate surface area is 103 Å². The molecule has 0 spiro atoms. The Balaban J connectivity index is 2.46. The van der Waals surface area contributed by atoms with Gasteiger partial charge in [-0.2, -0.15) is 0 Å². The van der Waals surface area contributed by atoms with Crippen molar-refractivity contribution in [2.45, 2.75) is 6.61 Å². The average Bonchev–Trinajstić information content (AvgIpc) is 2.38. The minimum atomic E-state index is -0.0887. The molecule has 1 N–H and O–H groups in total. The largest absolute Gasteiger partial charge is 0.392 e. The second-order valence-corrected chi connectivity index (χ2v) is 4.31. The van der Waals surface area contributed by atoms with Crippen LogP contribution in [0.15, 0.2) is 42.5 Å². The molecule has 0 saturated heterocycles. The molecular weight excluding hydrogens is 234 g/mol. The Bertz CT molecular complexity index is 709. The summed E-state index contributed by atoms with van der Waals surface area (Å²) in [4.78, 5) is 4.38. The van der Waals surface area contributed by atoms with Gasteiger partial charge in [0.1, 0.15) is 5.15 Å². The zero-order chi connectivity index (χ0) is 11.8. The summed E-state index contributed by atoms with van der Waals surface area (Å²) in [6.07, 6.45) is 0. The molecule has 84 valence electrons. The molecule has 2 aromatic carbocycles. The normalized spacial score (nSPS) is 11.2. The molecule has 3 heteroatoms. The van der Waals surface area contributed by atoms with Gasteiger partial charge in [0.2, 0.25) is 0 Å². The molecule has 17 heavy (non-hydrogen) atoms. The molecular formula is C14H10ClNO. The number of hydrogen-bond acceptors (Lipinski definition) is 2. The Hall–Kier alpha value is -1.64. The van der Waals surface area contributed by atoms with Gasteiger partial charge in [0.25, 0.3) is 0 Å². The molecule has 3 rings (SSSR count). The number of hydrogen-bond donors (Lipinski definition) is 1. The van der Waals surface area contributed by atoms with Gasteiger partial charge in [0.15, 0.2) is 0 Å². The summed E-state index contributed by atoms with van der Waals surface area (Å²) in [5, 5.41) is 12.8. The summed E-state index contributed by atoms with van der Waals surface area (Å²) in [6.45, 7) is -0.0887. The lowest BCUT2D eigenvalue weighted by atomic mass is 10.1. The lowest BCUT2D eigenvalue weighted by molar-refractivity contribution is 0.281. The Morgan fingerprint density at radius 2 is 1.82 bits per heavy atom. The third-order valence-electron chi connectivity index (χ3n) is 2.91. The van der Waals surface area contributed by atoms with Crippen molar-refractivity contribution in [3.63, 3.8) is 0 Å². The molecule has 0 bridgehead atoms. The van der Waals surface area contributed by atoms with Crippen molar-refractivity contribution in [3.05, 3.63) is 53.2 Å². The highest BCUT2D eigenvalue weighted by molar-refractivity contribution is 6.30. The highest BCUT2D eigenvalue weighted by Crippen LogP contribution is 2.27. The van der Waals surface area contributed by atoms with Crippen LogP contribution in [-0.2, 0) is 6.61 Å². The predicted molar refractivity (Wildman–Crippen MR) is 70.2 cm³/mol. The fraction of sp³-hybridized carbons (Fsp3) is 0.0714. The summed E-state index contributed by atoms with van der Waals surface area (Å²) >= 11 is 6.03. The lowest BCUT2D eigenvalue weighted by Gasteiger charge is -2.06. The van der Waals surface area contributed by atoms with Crippen LogP contribution in [-0.4, -0.2) is 10.1 Å². The number of aromatic nitrogens is 1. The summed E-state index contributed by atoms with van der Waals surface area (Å²) in [7, 11) is 0. The molecule has 0 saturated carbocycles. The van der Waals surface area contributed by atoms with Crippen molar-refractivity contribution in [3.8, 4) is 0 Å². The number of halogens is 1.